The number of hydrogen-bond donors (Lipinski definition) is 1. The SMILES string of the molecule is O=C(NCCCn1ncccc1=O)C1(c2cc(-c3ccccc3F)on2)CC1. The van der Waals surface area contributed by atoms with Gasteiger partial charge in [-0.2, -0.15) is 5.10 Å². The fourth-order valence-electron chi connectivity index (χ4n) is 3.17. The molecule has 1 N–H and O–H groups in total. The Morgan fingerprint density at radius 2 is 2.07 bits per heavy atom. The number of nitrogens with zero attached hydrogens (tertiary/aromatic N) is 3. The summed E-state index contributed by atoms with van der Waals surface area (Å²) in [5, 5.41) is 10.9. The van der Waals surface area contributed by atoms with Crippen molar-refractivity contribution in [1.29, 1.82) is 0 Å². The Kier molecular flexibility index (Phi) is 4.77. The van der Waals surface area contributed by atoms with E-state index in [0.29, 0.717) is 49.4 Å². The van der Waals surface area contributed by atoms with E-state index in [1.807, 2.05) is 0 Å². The predicted molar refractivity (Wildman–Crippen MR) is 98.9 cm³/mol. The highest BCUT2D eigenvalue weighted by Crippen LogP contribution is 2.48. The summed E-state index contributed by atoms with van der Waals surface area (Å²) >= 11 is 0. The molecular formula is C20H19FN4O3. The number of carbonyl (C=O) groups excluding carboxylic acids is 1. The second kappa shape index (κ2) is 7.38. The lowest BCUT2D eigenvalue weighted by atomic mass is 10.00. The van der Waals surface area contributed by atoms with E-state index in [-0.39, 0.29) is 11.5 Å². The lowest BCUT2D eigenvalue weighted by Crippen LogP contribution is -2.36. The number of carbonyl (C=O) groups is 1. The van der Waals surface area contributed by atoms with Crippen molar-refractivity contribution < 1.29 is 13.7 Å². The standard InChI is InChI=1S/C20H19FN4O3/c21-15-6-2-1-5-14(15)16-13-17(24-28-16)20(8-9-20)19(27)22-10-4-12-25-18(26)7-3-11-23-25/h1-3,5-7,11,13H,4,8-10,12H2,(H,22,27). The molecule has 3 aromatic rings. The van der Waals surface area contributed by atoms with Crippen LogP contribution in [0.1, 0.15) is 25.0 Å². The summed E-state index contributed by atoms with van der Waals surface area (Å²) in [4.78, 5) is 24.3. The highest BCUT2D eigenvalue weighted by molar-refractivity contribution is 5.91. The highest BCUT2D eigenvalue weighted by atomic mass is 19.1. The first-order chi connectivity index (χ1) is 13.6. The average molecular weight is 382 g/mol. The maximum Gasteiger partial charge on any atom is 0.266 e. The van der Waals surface area contributed by atoms with Crippen LogP contribution < -0.4 is 10.9 Å². The van der Waals surface area contributed by atoms with Gasteiger partial charge in [0.15, 0.2) is 5.76 Å². The minimum Gasteiger partial charge on any atom is -0.356 e. The van der Waals surface area contributed by atoms with E-state index in [9.17, 15) is 14.0 Å². The molecule has 144 valence electrons. The lowest BCUT2D eigenvalue weighted by molar-refractivity contribution is -0.123. The van der Waals surface area contributed by atoms with Crippen LogP contribution in [0.15, 0.2) is 58.0 Å². The third kappa shape index (κ3) is 3.45. The molecule has 1 amide bonds. The first-order valence-electron chi connectivity index (χ1n) is 9.13. The second-order valence-corrected chi connectivity index (χ2v) is 6.83. The maximum absolute atomic E-state index is 13.9. The number of aryl methyl sites for hydroxylation is 1. The zero-order chi connectivity index (χ0) is 19.6. The van der Waals surface area contributed by atoms with Gasteiger partial charge in [0.1, 0.15) is 5.82 Å². The molecule has 0 bridgehead atoms. The summed E-state index contributed by atoms with van der Waals surface area (Å²) in [6.45, 7) is 0.843. The van der Waals surface area contributed by atoms with Gasteiger partial charge < -0.3 is 9.84 Å². The van der Waals surface area contributed by atoms with E-state index < -0.39 is 11.2 Å². The van der Waals surface area contributed by atoms with Gasteiger partial charge in [-0.25, -0.2) is 9.07 Å². The Bertz CT molecular complexity index is 1060. The fraction of sp³-hybridized carbons (Fsp3) is 0.300. The van der Waals surface area contributed by atoms with Crippen LogP contribution in [0.5, 0.6) is 0 Å². The summed E-state index contributed by atoms with van der Waals surface area (Å²) in [5.41, 5.74) is -0.0484. The largest absolute Gasteiger partial charge is 0.356 e. The van der Waals surface area contributed by atoms with Crippen molar-refractivity contribution in [1.82, 2.24) is 20.3 Å². The maximum atomic E-state index is 13.9. The first kappa shape index (κ1) is 18.1. The van der Waals surface area contributed by atoms with E-state index in [0.717, 1.165) is 0 Å². The van der Waals surface area contributed by atoms with Crippen molar-refractivity contribution in [2.45, 2.75) is 31.2 Å². The summed E-state index contributed by atoms with van der Waals surface area (Å²) in [6.07, 6.45) is 3.47. The van der Waals surface area contributed by atoms with Crippen molar-refractivity contribution in [3.05, 3.63) is 70.5 Å². The van der Waals surface area contributed by atoms with E-state index in [1.165, 1.54) is 16.8 Å². The summed E-state index contributed by atoms with van der Waals surface area (Å²) < 4.78 is 20.6. The van der Waals surface area contributed by atoms with Crippen LogP contribution in [-0.2, 0) is 16.8 Å². The minimum atomic E-state index is -0.713. The molecule has 2 aromatic heterocycles. The third-order valence-electron chi connectivity index (χ3n) is 4.94. The molecule has 28 heavy (non-hydrogen) atoms. The molecule has 4 rings (SSSR count). The molecule has 0 spiro atoms. The third-order valence-corrected chi connectivity index (χ3v) is 4.94. The zero-order valence-corrected chi connectivity index (χ0v) is 15.1. The van der Waals surface area contributed by atoms with Gasteiger partial charge in [-0.1, -0.05) is 17.3 Å². The van der Waals surface area contributed by atoms with Crippen LogP contribution >= 0.6 is 0 Å². The van der Waals surface area contributed by atoms with E-state index in [1.54, 1.807) is 36.5 Å². The van der Waals surface area contributed by atoms with Gasteiger partial charge in [0, 0.05) is 31.4 Å². The van der Waals surface area contributed by atoms with Crippen molar-refractivity contribution in [3.63, 3.8) is 0 Å². The Morgan fingerprint density at radius 1 is 1.25 bits per heavy atom. The number of benzene rings is 1. The van der Waals surface area contributed by atoms with Gasteiger partial charge >= 0.3 is 0 Å². The number of amides is 1. The van der Waals surface area contributed by atoms with Crippen LogP contribution in [0, 0.1) is 5.82 Å². The Morgan fingerprint density at radius 3 is 2.82 bits per heavy atom. The van der Waals surface area contributed by atoms with Crippen molar-refractivity contribution in [2.24, 2.45) is 0 Å². The van der Waals surface area contributed by atoms with Gasteiger partial charge in [0.05, 0.1) is 16.7 Å². The molecule has 2 heterocycles. The van der Waals surface area contributed by atoms with Crippen LogP contribution in [0.4, 0.5) is 4.39 Å². The molecule has 1 fully saturated rings. The van der Waals surface area contributed by atoms with Gasteiger partial charge in [-0.3, -0.25) is 9.59 Å². The van der Waals surface area contributed by atoms with Crippen LogP contribution in [0.25, 0.3) is 11.3 Å². The molecule has 1 saturated carbocycles. The zero-order valence-electron chi connectivity index (χ0n) is 15.1. The van der Waals surface area contributed by atoms with Crippen molar-refractivity contribution in [3.8, 4) is 11.3 Å². The van der Waals surface area contributed by atoms with E-state index >= 15 is 0 Å². The van der Waals surface area contributed by atoms with Crippen LogP contribution in [0.2, 0.25) is 0 Å². The normalized spacial score (nSPS) is 14.6. The Labute approximate surface area is 160 Å². The molecular weight excluding hydrogens is 363 g/mol. The summed E-state index contributed by atoms with van der Waals surface area (Å²) in [5.74, 6) is -0.222. The molecule has 7 nitrogen and oxygen atoms in total. The van der Waals surface area contributed by atoms with Crippen molar-refractivity contribution in [2.75, 3.05) is 6.54 Å². The van der Waals surface area contributed by atoms with Gasteiger partial charge in [0.25, 0.3) is 5.56 Å². The predicted octanol–water partition coefficient (Wildman–Crippen LogP) is 2.28. The molecule has 0 atom stereocenters. The van der Waals surface area contributed by atoms with E-state index in [4.69, 9.17) is 4.52 Å². The van der Waals surface area contributed by atoms with Crippen molar-refractivity contribution >= 4 is 5.91 Å². The molecule has 8 heteroatoms. The molecule has 1 aromatic carbocycles. The Balaban J connectivity index is 1.38. The van der Waals surface area contributed by atoms with E-state index in [2.05, 4.69) is 15.6 Å². The van der Waals surface area contributed by atoms with Crippen LogP contribution in [0.3, 0.4) is 0 Å². The molecule has 0 unspecified atom stereocenters. The Hall–Kier alpha value is -3.29. The summed E-state index contributed by atoms with van der Waals surface area (Å²) in [6, 6.07) is 11.0. The molecule has 1 aliphatic rings. The first-order valence-corrected chi connectivity index (χ1v) is 9.13. The fourth-order valence-corrected chi connectivity index (χ4v) is 3.17. The topological polar surface area (TPSA) is 90.0 Å². The number of hydrogen-bond acceptors (Lipinski definition) is 5. The lowest BCUT2D eigenvalue weighted by Gasteiger charge is -2.12. The second-order valence-electron chi connectivity index (χ2n) is 6.83. The smallest absolute Gasteiger partial charge is 0.266 e. The molecule has 0 aliphatic heterocycles. The number of nitrogens with one attached hydrogen (secondary N) is 1. The minimum absolute atomic E-state index is 0.130. The highest BCUT2D eigenvalue weighted by Gasteiger charge is 2.53. The monoisotopic (exact) mass is 382 g/mol. The molecule has 1 aliphatic carbocycles. The summed E-state index contributed by atoms with van der Waals surface area (Å²) in [7, 11) is 0. The van der Waals surface area contributed by atoms with Gasteiger partial charge in [0.2, 0.25) is 5.91 Å². The van der Waals surface area contributed by atoms with Gasteiger partial charge in [-0.05, 0) is 37.5 Å². The number of halogens is 1. The number of aromatic nitrogens is 3. The number of rotatable bonds is 7. The quantitative estimate of drug-likeness (QED) is 0.633. The van der Waals surface area contributed by atoms with Gasteiger partial charge in [-0.15, -0.1) is 0 Å². The average Bonchev–Trinajstić information content (AvgIpc) is 3.37. The molecule has 0 saturated heterocycles. The molecule has 0 radical (unpaired) electrons. The van der Waals surface area contributed by atoms with Crippen LogP contribution in [-0.4, -0.2) is 27.4 Å².